The first-order valence-corrected chi connectivity index (χ1v) is 11.7. The van der Waals surface area contributed by atoms with Gasteiger partial charge in [0.1, 0.15) is 18.9 Å². The second kappa shape index (κ2) is 12.5. The lowest BCUT2D eigenvalue weighted by molar-refractivity contribution is -0.153. The van der Waals surface area contributed by atoms with Gasteiger partial charge in [-0.25, -0.2) is 9.59 Å². The number of rotatable bonds is 11. The highest BCUT2D eigenvalue weighted by molar-refractivity contribution is 7.98. The molecule has 1 fully saturated rings. The molecule has 1 aromatic carbocycles. The van der Waals surface area contributed by atoms with E-state index in [0.29, 0.717) is 0 Å². The van der Waals surface area contributed by atoms with Crippen molar-refractivity contribution in [1.29, 1.82) is 0 Å². The number of oxime groups is 1. The van der Waals surface area contributed by atoms with Crippen LogP contribution in [-0.2, 0) is 23.9 Å². The Kier molecular flexibility index (Phi) is 10.1. The Bertz CT molecular complexity index is 771. The summed E-state index contributed by atoms with van der Waals surface area (Å²) in [6.45, 7) is 9.16. The quantitative estimate of drug-likeness (QED) is 0.128. The lowest BCUT2D eigenvalue weighted by Gasteiger charge is -2.41. The van der Waals surface area contributed by atoms with Gasteiger partial charge < -0.3 is 14.3 Å². The molecule has 0 amide bonds. The predicted octanol–water partition coefficient (Wildman–Crippen LogP) is 3.67. The summed E-state index contributed by atoms with van der Waals surface area (Å²) in [5.41, 5.74) is 1.37. The molecule has 0 bridgehead atoms. The molecular formula is C23H32N2O5S. The Morgan fingerprint density at radius 1 is 1.13 bits per heavy atom. The van der Waals surface area contributed by atoms with Crippen LogP contribution in [0.5, 0.6) is 0 Å². The first kappa shape index (κ1) is 24.9. The molecule has 0 N–H and O–H groups in total. The van der Waals surface area contributed by atoms with Crippen molar-refractivity contribution in [2.75, 3.05) is 39.2 Å². The highest BCUT2D eigenvalue weighted by atomic mass is 32.2. The molecule has 1 saturated heterocycles. The molecule has 0 atom stereocenters. The Balaban J connectivity index is 2.05. The Hall–Kier alpha value is -2.32. The van der Waals surface area contributed by atoms with Gasteiger partial charge in [0.25, 0.3) is 0 Å². The third-order valence-corrected chi connectivity index (χ3v) is 5.93. The van der Waals surface area contributed by atoms with Crippen LogP contribution in [0.1, 0.15) is 38.7 Å². The van der Waals surface area contributed by atoms with Gasteiger partial charge in [0.05, 0.1) is 5.54 Å². The first-order valence-electron chi connectivity index (χ1n) is 10.4. The number of hydrogen-bond acceptors (Lipinski definition) is 8. The number of ether oxygens (including phenoxy) is 2. The number of carbonyl (C=O) groups is 2. The number of piperidine rings is 1. The van der Waals surface area contributed by atoms with Gasteiger partial charge in [0.2, 0.25) is 6.61 Å². The topological polar surface area (TPSA) is 77.4 Å². The number of nitrogens with zero attached hydrogens (tertiary/aromatic N) is 2. The van der Waals surface area contributed by atoms with Crippen LogP contribution in [0.4, 0.5) is 0 Å². The van der Waals surface area contributed by atoms with Crippen molar-refractivity contribution in [3.63, 3.8) is 0 Å². The molecule has 1 aliphatic heterocycles. The van der Waals surface area contributed by atoms with Gasteiger partial charge in [0.15, 0.2) is 0 Å². The van der Waals surface area contributed by atoms with Gasteiger partial charge in [-0.15, -0.1) is 11.8 Å². The summed E-state index contributed by atoms with van der Waals surface area (Å²) < 4.78 is 9.76. The summed E-state index contributed by atoms with van der Waals surface area (Å²) >= 11 is 1.68. The summed E-state index contributed by atoms with van der Waals surface area (Å²) in [6.07, 6.45) is 6.65. The van der Waals surface area contributed by atoms with Crippen LogP contribution in [-0.4, -0.2) is 67.3 Å². The van der Waals surface area contributed by atoms with Crippen LogP contribution in [0.15, 0.2) is 47.0 Å². The van der Waals surface area contributed by atoms with E-state index in [1.165, 1.54) is 11.3 Å². The molecule has 1 heterocycles. The monoisotopic (exact) mass is 448 g/mol. The SMILES string of the molecule is C=CC(=O)OCCOC(=O)CO/N=C(\c1ccc(SC)cc1)C(C)(C)N1CCCCC1. The molecule has 1 aromatic rings. The third-order valence-electron chi connectivity index (χ3n) is 5.19. The lowest BCUT2D eigenvalue weighted by Crippen LogP contribution is -2.52. The van der Waals surface area contributed by atoms with Gasteiger partial charge in [0, 0.05) is 16.5 Å². The average Bonchev–Trinajstić information content (AvgIpc) is 2.80. The summed E-state index contributed by atoms with van der Waals surface area (Å²) in [6, 6.07) is 8.18. The van der Waals surface area contributed by atoms with Crippen molar-refractivity contribution >= 4 is 29.4 Å². The molecule has 0 radical (unpaired) electrons. The summed E-state index contributed by atoms with van der Waals surface area (Å²) in [5, 5.41) is 4.37. The fourth-order valence-corrected chi connectivity index (χ4v) is 3.83. The van der Waals surface area contributed by atoms with E-state index in [1.54, 1.807) is 11.8 Å². The maximum atomic E-state index is 11.9. The Morgan fingerprint density at radius 2 is 1.77 bits per heavy atom. The molecule has 7 nitrogen and oxygen atoms in total. The van der Waals surface area contributed by atoms with E-state index in [4.69, 9.17) is 14.3 Å². The molecule has 31 heavy (non-hydrogen) atoms. The van der Waals surface area contributed by atoms with Crippen LogP contribution in [0.3, 0.4) is 0 Å². The van der Waals surface area contributed by atoms with Gasteiger partial charge in [-0.1, -0.05) is 30.3 Å². The zero-order chi connectivity index (χ0) is 22.7. The van der Waals surface area contributed by atoms with Crippen molar-refractivity contribution in [2.45, 2.75) is 43.5 Å². The molecule has 2 rings (SSSR count). The number of thioether (sulfide) groups is 1. The minimum atomic E-state index is -0.578. The molecule has 0 spiro atoms. The van der Waals surface area contributed by atoms with Gasteiger partial charge in [-0.2, -0.15) is 0 Å². The van der Waals surface area contributed by atoms with Crippen LogP contribution in [0, 0.1) is 0 Å². The summed E-state index contributed by atoms with van der Waals surface area (Å²) in [7, 11) is 0. The molecule has 0 saturated carbocycles. The second-order valence-corrected chi connectivity index (χ2v) is 8.52. The van der Waals surface area contributed by atoms with E-state index in [-0.39, 0.29) is 25.4 Å². The van der Waals surface area contributed by atoms with Crippen LogP contribution in [0.2, 0.25) is 0 Å². The zero-order valence-electron chi connectivity index (χ0n) is 18.6. The molecule has 0 aromatic heterocycles. The van der Waals surface area contributed by atoms with Gasteiger partial charge >= 0.3 is 11.9 Å². The van der Waals surface area contributed by atoms with Crippen molar-refractivity contribution in [1.82, 2.24) is 4.90 Å². The minimum absolute atomic E-state index is 0.0328. The normalized spacial score (nSPS) is 15.3. The fraction of sp³-hybridized carbons (Fsp3) is 0.522. The van der Waals surface area contributed by atoms with E-state index in [2.05, 4.69) is 42.6 Å². The van der Waals surface area contributed by atoms with Crippen molar-refractivity contribution in [3.8, 4) is 0 Å². The maximum absolute atomic E-state index is 11.9. The van der Waals surface area contributed by atoms with Gasteiger partial charge in [-0.3, -0.25) is 4.90 Å². The van der Waals surface area contributed by atoms with Gasteiger partial charge in [-0.05, 0) is 58.2 Å². The predicted molar refractivity (Wildman–Crippen MR) is 122 cm³/mol. The van der Waals surface area contributed by atoms with Crippen molar-refractivity contribution < 1.29 is 23.9 Å². The molecule has 0 unspecified atom stereocenters. The number of hydrogen-bond donors (Lipinski definition) is 0. The van der Waals surface area contributed by atoms with Crippen molar-refractivity contribution in [2.24, 2.45) is 5.16 Å². The standard InChI is InChI=1S/C23H32N2O5S/c1-5-20(26)28-15-16-29-21(27)17-30-24-22(18-9-11-19(31-4)12-10-18)23(2,3)25-13-7-6-8-14-25/h5,9-12H,1,6-8,13-17H2,2-4H3/b24-22+. The van der Waals surface area contributed by atoms with E-state index in [9.17, 15) is 9.59 Å². The zero-order valence-corrected chi connectivity index (χ0v) is 19.4. The second-order valence-electron chi connectivity index (χ2n) is 7.64. The van der Waals surface area contributed by atoms with Crippen LogP contribution in [0.25, 0.3) is 0 Å². The molecular weight excluding hydrogens is 416 g/mol. The summed E-state index contributed by atoms with van der Waals surface area (Å²) in [4.78, 5) is 31.9. The molecule has 170 valence electrons. The van der Waals surface area contributed by atoms with Crippen LogP contribution >= 0.6 is 11.8 Å². The van der Waals surface area contributed by atoms with E-state index >= 15 is 0 Å². The number of likely N-dealkylation sites (tertiary alicyclic amines) is 1. The Labute approximate surface area is 188 Å². The summed E-state index contributed by atoms with van der Waals surface area (Å²) in [5.74, 6) is -1.14. The number of benzene rings is 1. The average molecular weight is 449 g/mol. The van der Waals surface area contributed by atoms with E-state index in [1.807, 2.05) is 18.4 Å². The first-order chi connectivity index (χ1) is 14.9. The molecule has 8 heteroatoms. The fourth-order valence-electron chi connectivity index (χ4n) is 3.42. The molecule has 0 aliphatic carbocycles. The van der Waals surface area contributed by atoms with Crippen LogP contribution < -0.4 is 0 Å². The van der Waals surface area contributed by atoms with E-state index < -0.39 is 11.9 Å². The van der Waals surface area contributed by atoms with E-state index in [0.717, 1.165) is 43.3 Å². The largest absolute Gasteiger partial charge is 0.459 e. The highest BCUT2D eigenvalue weighted by Gasteiger charge is 2.34. The highest BCUT2D eigenvalue weighted by Crippen LogP contribution is 2.26. The third kappa shape index (κ3) is 7.70. The minimum Gasteiger partial charge on any atom is -0.459 e. The smallest absolute Gasteiger partial charge is 0.347 e. The lowest BCUT2D eigenvalue weighted by atomic mass is 9.88. The molecule has 1 aliphatic rings. The number of carbonyl (C=O) groups excluding carboxylic acids is 2. The maximum Gasteiger partial charge on any atom is 0.347 e. The Morgan fingerprint density at radius 3 is 2.39 bits per heavy atom. The number of esters is 2. The van der Waals surface area contributed by atoms with Crippen molar-refractivity contribution in [3.05, 3.63) is 42.5 Å².